The van der Waals surface area contributed by atoms with Gasteiger partial charge in [0.1, 0.15) is 0 Å². The van der Waals surface area contributed by atoms with Crippen molar-refractivity contribution in [3.63, 3.8) is 0 Å². The quantitative estimate of drug-likeness (QED) is 0.835. The lowest BCUT2D eigenvalue weighted by molar-refractivity contribution is 0.263. The minimum Gasteiger partial charge on any atom is -0.207 e. The number of benzene rings is 1. The lowest BCUT2D eigenvalue weighted by Crippen LogP contribution is -2.34. The van der Waals surface area contributed by atoms with E-state index in [2.05, 4.69) is 0 Å². The van der Waals surface area contributed by atoms with Crippen LogP contribution in [0.25, 0.3) is 0 Å². The molecule has 0 N–H and O–H groups in total. The van der Waals surface area contributed by atoms with Crippen LogP contribution in [0.15, 0.2) is 29.2 Å². The Balaban J connectivity index is 2.20. The van der Waals surface area contributed by atoms with Gasteiger partial charge in [-0.2, -0.15) is 5.26 Å². The summed E-state index contributed by atoms with van der Waals surface area (Å²) in [6.45, 7) is 0.569. The van der Waals surface area contributed by atoms with E-state index in [1.54, 1.807) is 19.2 Å². The van der Waals surface area contributed by atoms with E-state index in [1.165, 1.54) is 22.9 Å². The molecule has 0 bridgehead atoms. The Hall–Kier alpha value is -1.38. The van der Waals surface area contributed by atoms with Crippen molar-refractivity contribution in [1.29, 1.82) is 5.26 Å². The van der Waals surface area contributed by atoms with Crippen molar-refractivity contribution in [2.75, 3.05) is 13.6 Å². The van der Waals surface area contributed by atoms with E-state index >= 15 is 0 Å². The third kappa shape index (κ3) is 2.55. The van der Waals surface area contributed by atoms with Crippen molar-refractivity contribution in [2.45, 2.75) is 24.2 Å². The SMILES string of the molecule is CN(CC1CCC1)S(=O)(=O)c1cccc(C#N)c1. The third-order valence-corrected chi connectivity index (χ3v) is 5.23. The van der Waals surface area contributed by atoms with E-state index in [4.69, 9.17) is 5.26 Å². The van der Waals surface area contributed by atoms with Gasteiger partial charge in [-0.1, -0.05) is 12.5 Å². The second-order valence-corrected chi connectivity index (χ2v) is 6.77. The van der Waals surface area contributed by atoms with Gasteiger partial charge in [0.15, 0.2) is 0 Å². The molecule has 2 rings (SSSR count). The molecule has 1 aliphatic carbocycles. The fourth-order valence-corrected chi connectivity index (χ4v) is 3.34. The molecule has 18 heavy (non-hydrogen) atoms. The van der Waals surface area contributed by atoms with Crippen LogP contribution >= 0.6 is 0 Å². The molecule has 0 unspecified atom stereocenters. The number of hydrogen-bond donors (Lipinski definition) is 0. The molecule has 0 aliphatic heterocycles. The number of rotatable bonds is 4. The van der Waals surface area contributed by atoms with Crippen molar-refractivity contribution in [3.05, 3.63) is 29.8 Å². The van der Waals surface area contributed by atoms with E-state index in [9.17, 15) is 8.42 Å². The van der Waals surface area contributed by atoms with Crippen molar-refractivity contribution in [1.82, 2.24) is 4.31 Å². The number of sulfonamides is 1. The van der Waals surface area contributed by atoms with Gasteiger partial charge in [0, 0.05) is 13.6 Å². The summed E-state index contributed by atoms with van der Waals surface area (Å²) in [5.41, 5.74) is 0.369. The van der Waals surface area contributed by atoms with E-state index in [-0.39, 0.29) is 4.90 Å². The summed E-state index contributed by atoms with van der Waals surface area (Å²) in [7, 11) is -1.86. The highest BCUT2D eigenvalue weighted by Crippen LogP contribution is 2.28. The molecule has 0 heterocycles. The molecule has 96 valence electrons. The fraction of sp³-hybridized carbons (Fsp3) is 0.462. The number of nitrogens with zero attached hydrogens (tertiary/aromatic N) is 2. The average molecular weight is 264 g/mol. The van der Waals surface area contributed by atoms with Crippen molar-refractivity contribution in [2.24, 2.45) is 5.92 Å². The first-order chi connectivity index (χ1) is 8.54. The first-order valence-electron chi connectivity index (χ1n) is 6.00. The molecule has 0 saturated heterocycles. The molecular weight excluding hydrogens is 248 g/mol. The van der Waals surface area contributed by atoms with E-state index in [0.717, 1.165) is 12.8 Å². The molecule has 1 aromatic rings. The van der Waals surface area contributed by atoms with Gasteiger partial charge in [-0.15, -0.1) is 0 Å². The normalized spacial score (nSPS) is 16.3. The van der Waals surface area contributed by atoms with E-state index < -0.39 is 10.0 Å². The van der Waals surface area contributed by atoms with Crippen molar-refractivity contribution >= 4 is 10.0 Å². The minimum atomic E-state index is -3.46. The van der Waals surface area contributed by atoms with Crippen molar-refractivity contribution < 1.29 is 8.42 Å². The van der Waals surface area contributed by atoms with E-state index in [0.29, 0.717) is 18.0 Å². The van der Waals surface area contributed by atoms with Gasteiger partial charge in [-0.25, -0.2) is 12.7 Å². The Morgan fingerprint density at radius 1 is 1.44 bits per heavy atom. The maximum atomic E-state index is 12.3. The lowest BCUT2D eigenvalue weighted by atomic mass is 9.86. The predicted octanol–water partition coefficient (Wildman–Crippen LogP) is 1.98. The van der Waals surface area contributed by atoms with Crippen LogP contribution in [-0.2, 0) is 10.0 Å². The highest BCUT2D eigenvalue weighted by Gasteiger charge is 2.26. The van der Waals surface area contributed by atoms with Gasteiger partial charge in [0.05, 0.1) is 16.5 Å². The number of nitriles is 1. The third-order valence-electron chi connectivity index (χ3n) is 3.41. The molecule has 0 radical (unpaired) electrons. The zero-order valence-corrected chi connectivity index (χ0v) is 11.2. The Morgan fingerprint density at radius 3 is 2.72 bits per heavy atom. The van der Waals surface area contributed by atoms with Gasteiger partial charge < -0.3 is 0 Å². The van der Waals surface area contributed by atoms with Crippen LogP contribution in [0.3, 0.4) is 0 Å². The first-order valence-corrected chi connectivity index (χ1v) is 7.44. The standard InChI is InChI=1S/C13H16N2O2S/c1-15(10-11-4-2-5-11)18(16,17)13-7-3-6-12(8-13)9-14/h3,6-8,11H,2,4-5,10H2,1H3. The molecule has 1 saturated carbocycles. The van der Waals surface area contributed by atoms with Crippen LogP contribution in [0.5, 0.6) is 0 Å². The second-order valence-electron chi connectivity index (χ2n) is 4.72. The molecule has 0 aromatic heterocycles. The molecular formula is C13H16N2O2S. The number of hydrogen-bond acceptors (Lipinski definition) is 3. The second kappa shape index (κ2) is 5.09. The van der Waals surface area contributed by atoms with Crippen LogP contribution in [-0.4, -0.2) is 26.3 Å². The molecule has 5 heteroatoms. The summed E-state index contributed by atoms with van der Waals surface area (Å²) < 4.78 is 26.0. The summed E-state index contributed by atoms with van der Waals surface area (Å²) in [5, 5.41) is 8.80. The molecule has 0 atom stereocenters. The van der Waals surface area contributed by atoms with Gasteiger partial charge in [-0.05, 0) is 37.0 Å². The summed E-state index contributed by atoms with van der Waals surface area (Å²) in [4.78, 5) is 0.198. The van der Waals surface area contributed by atoms with Crippen molar-refractivity contribution in [3.8, 4) is 6.07 Å². The Labute approximate surface area is 108 Å². The zero-order chi connectivity index (χ0) is 13.2. The topological polar surface area (TPSA) is 61.2 Å². The minimum absolute atomic E-state index is 0.198. The van der Waals surface area contributed by atoms with Crippen LogP contribution < -0.4 is 0 Å². The Bertz CT molecular complexity index is 571. The largest absolute Gasteiger partial charge is 0.242 e. The van der Waals surface area contributed by atoms with Gasteiger partial charge in [0.25, 0.3) is 0 Å². The maximum absolute atomic E-state index is 12.3. The summed E-state index contributed by atoms with van der Waals surface area (Å²) >= 11 is 0. The molecule has 0 amide bonds. The fourth-order valence-electron chi connectivity index (χ4n) is 2.04. The van der Waals surface area contributed by atoms with Crippen LogP contribution in [0, 0.1) is 17.2 Å². The maximum Gasteiger partial charge on any atom is 0.242 e. The monoisotopic (exact) mass is 264 g/mol. The molecule has 1 fully saturated rings. The van der Waals surface area contributed by atoms with Crippen LogP contribution in [0.2, 0.25) is 0 Å². The smallest absolute Gasteiger partial charge is 0.207 e. The highest BCUT2D eigenvalue weighted by molar-refractivity contribution is 7.89. The average Bonchev–Trinajstić information content (AvgIpc) is 2.33. The Kier molecular flexibility index (Phi) is 3.69. The molecule has 1 aromatic carbocycles. The molecule has 4 nitrogen and oxygen atoms in total. The molecule has 1 aliphatic rings. The van der Waals surface area contributed by atoms with Crippen LogP contribution in [0.1, 0.15) is 24.8 Å². The summed E-state index contributed by atoms with van der Waals surface area (Å²) in [6, 6.07) is 8.12. The lowest BCUT2D eigenvalue weighted by Gasteiger charge is -2.29. The summed E-state index contributed by atoms with van der Waals surface area (Å²) in [6.07, 6.45) is 3.42. The molecule has 0 spiro atoms. The van der Waals surface area contributed by atoms with E-state index in [1.807, 2.05) is 6.07 Å². The summed E-state index contributed by atoms with van der Waals surface area (Å²) in [5.74, 6) is 0.490. The zero-order valence-electron chi connectivity index (χ0n) is 10.3. The van der Waals surface area contributed by atoms with Gasteiger partial charge in [0.2, 0.25) is 10.0 Å². The first kappa shape index (κ1) is 13.1. The van der Waals surface area contributed by atoms with Gasteiger partial charge in [-0.3, -0.25) is 0 Å². The van der Waals surface area contributed by atoms with Crippen LogP contribution in [0.4, 0.5) is 0 Å². The predicted molar refractivity (Wildman–Crippen MR) is 68.3 cm³/mol. The van der Waals surface area contributed by atoms with Gasteiger partial charge >= 0.3 is 0 Å². The Morgan fingerprint density at radius 2 is 2.17 bits per heavy atom. The highest BCUT2D eigenvalue weighted by atomic mass is 32.2.